The predicted octanol–water partition coefficient (Wildman–Crippen LogP) is 2.61. The van der Waals surface area contributed by atoms with Crippen molar-refractivity contribution in [1.29, 1.82) is 0 Å². The minimum absolute atomic E-state index is 0.178. The molecule has 0 aliphatic rings. The minimum Gasteiger partial charge on any atom is -0.497 e. The molecule has 0 atom stereocenters. The van der Waals surface area contributed by atoms with Gasteiger partial charge in [-0.3, -0.25) is 9.59 Å². The Bertz CT molecular complexity index is 1270. The van der Waals surface area contributed by atoms with Crippen molar-refractivity contribution in [3.8, 4) is 22.8 Å². The van der Waals surface area contributed by atoms with Crippen molar-refractivity contribution >= 4 is 11.4 Å². The summed E-state index contributed by atoms with van der Waals surface area (Å²) in [6.07, 6.45) is 3.39. The van der Waals surface area contributed by atoms with Gasteiger partial charge >= 0.3 is 0 Å². The number of carbonyl (C=O) groups is 1. The van der Waals surface area contributed by atoms with Crippen molar-refractivity contribution < 1.29 is 14.3 Å². The van der Waals surface area contributed by atoms with Crippen LogP contribution in [0.1, 0.15) is 10.4 Å². The second-order valence-corrected chi connectivity index (χ2v) is 6.87. The summed E-state index contributed by atoms with van der Waals surface area (Å²) >= 11 is 0. The average molecular weight is 418 g/mol. The van der Waals surface area contributed by atoms with Gasteiger partial charge in [0.1, 0.15) is 17.0 Å². The first-order valence-corrected chi connectivity index (χ1v) is 9.74. The van der Waals surface area contributed by atoms with E-state index in [2.05, 4.69) is 10.4 Å². The maximum absolute atomic E-state index is 12.9. The molecule has 2 heterocycles. The Hall–Kier alpha value is -4.07. The topological polar surface area (TPSA) is 86.9 Å². The minimum atomic E-state index is -0.207. The van der Waals surface area contributed by atoms with Gasteiger partial charge < -0.3 is 19.4 Å². The molecule has 0 fully saturated rings. The lowest BCUT2D eigenvalue weighted by molar-refractivity contribution is 0.0952. The van der Waals surface area contributed by atoms with Gasteiger partial charge in [0.05, 0.1) is 19.9 Å². The number of rotatable bonds is 7. The summed E-state index contributed by atoms with van der Waals surface area (Å²) in [7, 11) is 3.18. The van der Waals surface area contributed by atoms with E-state index in [0.717, 1.165) is 11.3 Å². The van der Waals surface area contributed by atoms with Gasteiger partial charge in [0.2, 0.25) is 0 Å². The first-order chi connectivity index (χ1) is 15.1. The molecule has 2 aromatic carbocycles. The lowest BCUT2D eigenvalue weighted by Crippen LogP contribution is -2.31. The zero-order chi connectivity index (χ0) is 21.8. The fourth-order valence-corrected chi connectivity index (χ4v) is 3.26. The first-order valence-electron chi connectivity index (χ1n) is 9.74. The van der Waals surface area contributed by atoms with Crippen LogP contribution < -0.4 is 20.3 Å². The molecule has 0 aliphatic heterocycles. The molecule has 1 amide bonds. The number of hydrogen-bond acceptors (Lipinski definition) is 5. The van der Waals surface area contributed by atoms with E-state index < -0.39 is 0 Å². The SMILES string of the molecule is COc1ccc(C(=O)NCCn2ccn3nc(-c4cccc(OC)c4)cc3c2=O)cc1. The smallest absolute Gasteiger partial charge is 0.276 e. The van der Waals surface area contributed by atoms with E-state index in [9.17, 15) is 9.59 Å². The van der Waals surface area contributed by atoms with Gasteiger partial charge in [-0.05, 0) is 42.5 Å². The molecule has 0 saturated heterocycles. The van der Waals surface area contributed by atoms with Crippen molar-refractivity contribution in [2.24, 2.45) is 0 Å². The van der Waals surface area contributed by atoms with Gasteiger partial charge in [-0.15, -0.1) is 0 Å². The van der Waals surface area contributed by atoms with Gasteiger partial charge in [-0.25, -0.2) is 4.52 Å². The Labute approximate surface area is 178 Å². The van der Waals surface area contributed by atoms with Crippen LogP contribution in [0, 0.1) is 0 Å². The number of ether oxygens (including phenoxy) is 2. The monoisotopic (exact) mass is 418 g/mol. The molecule has 1 N–H and O–H groups in total. The van der Waals surface area contributed by atoms with Gasteiger partial charge in [0.15, 0.2) is 0 Å². The number of methoxy groups -OCH3 is 2. The highest BCUT2D eigenvalue weighted by Crippen LogP contribution is 2.23. The van der Waals surface area contributed by atoms with Gasteiger partial charge in [0.25, 0.3) is 11.5 Å². The molecule has 8 heteroatoms. The van der Waals surface area contributed by atoms with E-state index in [1.54, 1.807) is 66.0 Å². The van der Waals surface area contributed by atoms with Crippen LogP contribution in [0.5, 0.6) is 11.5 Å². The first kappa shape index (κ1) is 20.2. The highest BCUT2D eigenvalue weighted by Gasteiger charge is 2.11. The largest absolute Gasteiger partial charge is 0.497 e. The zero-order valence-corrected chi connectivity index (χ0v) is 17.2. The second-order valence-electron chi connectivity index (χ2n) is 6.87. The highest BCUT2D eigenvalue weighted by atomic mass is 16.5. The van der Waals surface area contributed by atoms with Crippen LogP contribution in [0.4, 0.5) is 0 Å². The summed E-state index contributed by atoms with van der Waals surface area (Å²) in [4.78, 5) is 25.1. The van der Waals surface area contributed by atoms with E-state index >= 15 is 0 Å². The Morgan fingerprint density at radius 3 is 2.52 bits per heavy atom. The van der Waals surface area contributed by atoms with Crippen LogP contribution in [0.2, 0.25) is 0 Å². The van der Waals surface area contributed by atoms with Crippen molar-refractivity contribution in [3.63, 3.8) is 0 Å². The van der Waals surface area contributed by atoms with E-state index in [-0.39, 0.29) is 11.5 Å². The van der Waals surface area contributed by atoms with Gasteiger partial charge in [-0.2, -0.15) is 5.10 Å². The van der Waals surface area contributed by atoms with Crippen LogP contribution in [-0.4, -0.2) is 40.9 Å². The van der Waals surface area contributed by atoms with Crippen LogP contribution in [0.25, 0.3) is 16.8 Å². The fraction of sp³-hybridized carbons (Fsp3) is 0.174. The summed E-state index contributed by atoms with van der Waals surface area (Å²) in [5, 5.41) is 7.32. The lowest BCUT2D eigenvalue weighted by Gasteiger charge is -2.08. The number of nitrogens with zero attached hydrogens (tertiary/aromatic N) is 3. The molecule has 8 nitrogen and oxygen atoms in total. The van der Waals surface area contributed by atoms with E-state index in [1.165, 1.54) is 0 Å². The Balaban J connectivity index is 1.47. The summed E-state index contributed by atoms with van der Waals surface area (Å²) in [6, 6.07) is 16.1. The maximum atomic E-state index is 12.9. The molecule has 158 valence electrons. The number of benzene rings is 2. The predicted molar refractivity (Wildman–Crippen MR) is 117 cm³/mol. The summed E-state index contributed by atoms with van der Waals surface area (Å²) < 4.78 is 13.5. The number of nitrogens with one attached hydrogen (secondary N) is 1. The number of aromatic nitrogens is 3. The van der Waals surface area contributed by atoms with Gasteiger partial charge in [-0.1, -0.05) is 12.1 Å². The third kappa shape index (κ3) is 4.28. The third-order valence-electron chi connectivity index (χ3n) is 4.96. The van der Waals surface area contributed by atoms with Crippen LogP contribution in [0.15, 0.2) is 71.8 Å². The molecule has 31 heavy (non-hydrogen) atoms. The van der Waals surface area contributed by atoms with E-state index in [0.29, 0.717) is 35.6 Å². The zero-order valence-electron chi connectivity index (χ0n) is 17.2. The quantitative estimate of drug-likeness (QED) is 0.499. The average Bonchev–Trinajstić information content (AvgIpc) is 3.26. The molecule has 0 saturated carbocycles. The molecule has 2 aromatic heterocycles. The lowest BCUT2D eigenvalue weighted by atomic mass is 10.1. The highest BCUT2D eigenvalue weighted by molar-refractivity contribution is 5.94. The number of fused-ring (bicyclic) bond motifs is 1. The molecule has 4 aromatic rings. The molecule has 0 radical (unpaired) electrons. The van der Waals surface area contributed by atoms with Crippen molar-refractivity contribution in [2.45, 2.75) is 6.54 Å². The molecular weight excluding hydrogens is 396 g/mol. The van der Waals surface area contributed by atoms with Crippen molar-refractivity contribution in [2.75, 3.05) is 20.8 Å². The number of amides is 1. The standard InChI is InChI=1S/C23H22N4O4/c1-30-18-8-6-16(7-9-18)22(28)24-10-11-26-12-13-27-21(23(26)29)15-20(25-27)17-4-3-5-19(14-17)31-2/h3-9,12-15H,10-11H2,1-2H3,(H,24,28). The Morgan fingerprint density at radius 2 is 1.77 bits per heavy atom. The molecule has 0 unspecified atom stereocenters. The second kappa shape index (κ2) is 8.74. The third-order valence-corrected chi connectivity index (χ3v) is 4.96. The van der Waals surface area contributed by atoms with Crippen LogP contribution in [-0.2, 0) is 6.54 Å². The molecule has 0 aliphatic carbocycles. The summed E-state index contributed by atoms with van der Waals surface area (Å²) in [6.45, 7) is 0.661. The van der Waals surface area contributed by atoms with Crippen molar-refractivity contribution in [3.05, 3.63) is 82.9 Å². The molecular formula is C23H22N4O4. The Kier molecular flexibility index (Phi) is 5.70. The fourth-order valence-electron chi connectivity index (χ4n) is 3.26. The maximum Gasteiger partial charge on any atom is 0.276 e. The number of hydrogen-bond donors (Lipinski definition) is 1. The number of carbonyl (C=O) groups excluding carboxylic acids is 1. The molecule has 0 spiro atoms. The van der Waals surface area contributed by atoms with Gasteiger partial charge in [0, 0.05) is 36.6 Å². The van der Waals surface area contributed by atoms with Crippen LogP contribution >= 0.6 is 0 Å². The van der Waals surface area contributed by atoms with Crippen LogP contribution in [0.3, 0.4) is 0 Å². The Morgan fingerprint density at radius 1 is 1.00 bits per heavy atom. The summed E-state index contributed by atoms with van der Waals surface area (Å²) in [5.41, 5.74) is 2.36. The molecule has 0 bridgehead atoms. The molecule has 4 rings (SSSR count). The normalized spacial score (nSPS) is 10.8. The summed E-state index contributed by atoms with van der Waals surface area (Å²) in [5.74, 6) is 1.20. The van der Waals surface area contributed by atoms with Crippen molar-refractivity contribution in [1.82, 2.24) is 19.5 Å². The van der Waals surface area contributed by atoms with E-state index in [1.807, 2.05) is 24.3 Å². The van der Waals surface area contributed by atoms with E-state index in [4.69, 9.17) is 9.47 Å².